The third-order valence-corrected chi connectivity index (χ3v) is 11.8. The van der Waals surface area contributed by atoms with Crippen molar-refractivity contribution >= 4 is 60.0 Å². The Morgan fingerprint density at radius 2 is 2.07 bits per heavy atom. The molecular weight excluding hydrogens is 645 g/mol. The highest BCUT2D eigenvalue weighted by molar-refractivity contribution is 8.93. The van der Waals surface area contributed by atoms with Crippen LogP contribution in [0.1, 0.15) is 28.5 Å². The van der Waals surface area contributed by atoms with Crippen molar-refractivity contribution in [2.24, 2.45) is 5.73 Å². The molecule has 0 aliphatic carbocycles. The van der Waals surface area contributed by atoms with Gasteiger partial charge in [0.1, 0.15) is 54.2 Å². The number of hydrogen-bond acceptors (Lipinski definition) is 17. The number of aliphatic hydroxyl groups is 1. The van der Waals surface area contributed by atoms with Crippen LogP contribution in [0.3, 0.4) is 0 Å². The Morgan fingerprint density at radius 1 is 1.26 bits per heavy atom. The molecule has 1 amide bonds. The average molecular weight is 669 g/mol. The molecule has 10 atom stereocenters. The highest BCUT2D eigenvalue weighted by Gasteiger charge is 2.53. The number of primary amides is 1. The molecule has 3 fully saturated rings. The lowest BCUT2D eigenvalue weighted by molar-refractivity contribution is -0.0453. The summed E-state index contributed by atoms with van der Waals surface area (Å²) < 4.78 is 77.5. The molecule has 6 rings (SSSR count). The Hall–Kier alpha value is -2.16. The molecule has 23 heteroatoms. The Balaban J connectivity index is 1.29. The van der Waals surface area contributed by atoms with Gasteiger partial charge in [-0.15, -0.1) is 0 Å². The van der Waals surface area contributed by atoms with Crippen molar-refractivity contribution in [1.29, 1.82) is 0 Å². The Kier molecular flexibility index (Phi) is 8.35. The minimum Gasteiger partial charge on any atom is -0.387 e. The van der Waals surface area contributed by atoms with Crippen LogP contribution in [0.25, 0.3) is 11.2 Å². The van der Waals surface area contributed by atoms with E-state index in [0.717, 1.165) is 0 Å². The van der Waals surface area contributed by atoms with Crippen LogP contribution in [-0.2, 0) is 36.7 Å². The predicted octanol–water partition coefficient (Wildman–Crippen LogP) is 0.860. The largest absolute Gasteiger partial charge is 0.399 e. The molecule has 228 valence electrons. The van der Waals surface area contributed by atoms with E-state index in [1.807, 2.05) is 0 Å². The highest BCUT2D eigenvalue weighted by atomic mass is 33.3. The number of carbonyl (C=O) groups is 1. The zero-order chi connectivity index (χ0) is 29.8. The number of aliphatic hydroxyl groups excluding tert-OH is 1. The number of fused-ring (bicyclic) bond motifs is 4. The van der Waals surface area contributed by atoms with Crippen molar-refractivity contribution in [2.45, 2.75) is 49.0 Å². The second-order valence-electron chi connectivity index (χ2n) is 9.29. The van der Waals surface area contributed by atoms with Crippen LogP contribution in [0, 0.1) is 0 Å². The SMILES string of the molecule is NC(=O)c1cc([C@@H]2O[C@@H]3COP(=O)(SS)O[C@H]4[C@@H](F)[C@H](n5cnc6c(N)ncnc65)O[C@@H]4CO[PH](=O)O[C@@H]2[C@@H]3O)[nH]n1. The number of thiol groups is 1. The van der Waals surface area contributed by atoms with E-state index in [1.54, 1.807) is 0 Å². The molecular formula is C19H23FN8O10P2S2. The molecule has 6 N–H and O–H groups in total. The van der Waals surface area contributed by atoms with Gasteiger partial charge in [-0.2, -0.15) is 5.10 Å². The first kappa shape index (κ1) is 29.9. The maximum absolute atomic E-state index is 16.0. The van der Waals surface area contributed by atoms with E-state index in [1.165, 1.54) is 23.3 Å². The van der Waals surface area contributed by atoms with Crippen LogP contribution in [0.15, 0.2) is 18.7 Å². The number of carbonyl (C=O) groups excluding carboxylic acids is 1. The van der Waals surface area contributed by atoms with E-state index < -0.39 is 83.2 Å². The molecule has 2 unspecified atom stereocenters. The lowest BCUT2D eigenvalue weighted by Crippen LogP contribution is -2.34. The fourth-order valence-electron chi connectivity index (χ4n) is 4.78. The van der Waals surface area contributed by atoms with E-state index in [0.29, 0.717) is 10.4 Å². The zero-order valence-corrected chi connectivity index (χ0v) is 24.6. The number of nitrogens with one attached hydrogen (secondary N) is 1. The summed E-state index contributed by atoms with van der Waals surface area (Å²) in [6.07, 6.45) is -8.97. The predicted molar refractivity (Wildman–Crippen MR) is 144 cm³/mol. The summed E-state index contributed by atoms with van der Waals surface area (Å²) in [5.41, 5.74) is 11.5. The van der Waals surface area contributed by atoms with Gasteiger partial charge < -0.3 is 35.1 Å². The number of amides is 1. The lowest BCUT2D eigenvalue weighted by atomic mass is 10.1. The van der Waals surface area contributed by atoms with E-state index >= 15 is 4.39 Å². The Labute approximate surface area is 244 Å². The zero-order valence-electron chi connectivity index (χ0n) is 21.0. The molecule has 6 heterocycles. The van der Waals surface area contributed by atoms with Gasteiger partial charge in [0.15, 0.2) is 23.9 Å². The molecule has 2 bridgehead atoms. The summed E-state index contributed by atoms with van der Waals surface area (Å²) in [6, 6.07) is 1.27. The molecule has 42 heavy (non-hydrogen) atoms. The average Bonchev–Trinajstić information content (AvgIpc) is 3.74. The van der Waals surface area contributed by atoms with Gasteiger partial charge in [0.2, 0.25) is 0 Å². The second kappa shape index (κ2) is 11.7. The first-order chi connectivity index (χ1) is 20.1. The smallest absolute Gasteiger partial charge is 0.387 e. The first-order valence-electron chi connectivity index (χ1n) is 12.1. The van der Waals surface area contributed by atoms with Crippen LogP contribution in [0.2, 0.25) is 0 Å². The molecule has 0 spiro atoms. The summed E-state index contributed by atoms with van der Waals surface area (Å²) in [5.74, 6) is -0.765. The number of anilines is 1. The number of hydrogen-bond donors (Lipinski definition) is 5. The number of nitrogen functional groups attached to an aromatic ring is 1. The Bertz CT molecular complexity index is 1570. The van der Waals surface area contributed by atoms with Crippen molar-refractivity contribution in [1.82, 2.24) is 29.7 Å². The van der Waals surface area contributed by atoms with Crippen LogP contribution < -0.4 is 11.5 Å². The summed E-state index contributed by atoms with van der Waals surface area (Å²) in [4.78, 5) is 23.6. The number of nitrogens with two attached hydrogens (primary N) is 2. The standard InChI is InChI=1S/C19H23FN8O10P2S2/c20-10-14-9(36-19(10)28-5-25-11-16(21)23-4-24-18(11)28)2-33-39(31)37-15-12(29)8(3-34-40(32,38-14)42-41)35-13(15)6-1-7(17(22)30)27-26-6/h1,4-5,8-10,12-15,19,29,39,41H,2-3H2,(H2,22,30)(H,26,27)(H2,21,23,24)/t8-,9-,10-,12-,13+,14-,15-,19-,40?/m1/s1. The van der Waals surface area contributed by atoms with E-state index in [-0.39, 0.29) is 28.4 Å². The third-order valence-electron chi connectivity index (χ3n) is 6.77. The van der Waals surface area contributed by atoms with Crippen molar-refractivity contribution in [2.75, 3.05) is 18.9 Å². The van der Waals surface area contributed by atoms with E-state index in [2.05, 4.69) is 36.8 Å². The summed E-state index contributed by atoms with van der Waals surface area (Å²) in [5, 5.41) is 17.3. The fraction of sp³-hybridized carbons (Fsp3) is 0.526. The van der Waals surface area contributed by atoms with Gasteiger partial charge in [-0.3, -0.25) is 28.1 Å². The van der Waals surface area contributed by atoms with Gasteiger partial charge in [-0.05, 0) is 6.07 Å². The lowest BCUT2D eigenvalue weighted by Gasteiger charge is -2.25. The topological polar surface area (TPSA) is 251 Å². The van der Waals surface area contributed by atoms with Crippen molar-refractivity contribution in [3.8, 4) is 0 Å². The number of rotatable bonds is 4. The summed E-state index contributed by atoms with van der Waals surface area (Å²) in [7, 11) is -3.02. The minimum absolute atomic E-state index is 0.0627. The number of aromatic amines is 1. The second-order valence-corrected chi connectivity index (χ2v) is 15.1. The van der Waals surface area contributed by atoms with Gasteiger partial charge in [-0.1, -0.05) is 11.7 Å². The van der Waals surface area contributed by atoms with E-state index in [9.17, 15) is 19.0 Å². The van der Waals surface area contributed by atoms with Crippen LogP contribution in [-0.4, -0.2) is 90.6 Å². The molecule has 18 nitrogen and oxygen atoms in total. The molecule has 0 saturated carbocycles. The van der Waals surface area contributed by atoms with Crippen LogP contribution >= 0.6 is 37.1 Å². The Morgan fingerprint density at radius 3 is 2.81 bits per heavy atom. The minimum atomic E-state index is -4.25. The molecule has 3 aliphatic rings. The number of imidazole rings is 1. The van der Waals surface area contributed by atoms with Crippen molar-refractivity contribution < 1.29 is 51.0 Å². The molecule has 3 aliphatic heterocycles. The molecule has 3 saturated heterocycles. The van der Waals surface area contributed by atoms with Crippen LogP contribution in [0.4, 0.5) is 10.2 Å². The summed E-state index contributed by atoms with van der Waals surface area (Å²) in [6.45, 7) is -5.34. The number of aromatic nitrogens is 6. The van der Waals surface area contributed by atoms with Crippen LogP contribution in [0.5, 0.6) is 0 Å². The molecule has 3 aromatic heterocycles. The highest BCUT2D eigenvalue weighted by Crippen LogP contribution is 2.65. The van der Waals surface area contributed by atoms with Gasteiger partial charge in [0.05, 0.1) is 25.2 Å². The quantitative estimate of drug-likeness (QED) is 0.147. The monoisotopic (exact) mass is 668 g/mol. The van der Waals surface area contributed by atoms with Gasteiger partial charge in [-0.25, -0.2) is 23.9 Å². The van der Waals surface area contributed by atoms with Gasteiger partial charge >= 0.3 is 15.1 Å². The van der Waals surface area contributed by atoms with Gasteiger partial charge in [0.25, 0.3) is 5.91 Å². The van der Waals surface area contributed by atoms with Crippen molar-refractivity contribution in [3.63, 3.8) is 0 Å². The number of halogens is 1. The summed E-state index contributed by atoms with van der Waals surface area (Å²) >= 11 is 4.00. The van der Waals surface area contributed by atoms with Crippen molar-refractivity contribution in [3.05, 3.63) is 30.1 Å². The van der Waals surface area contributed by atoms with Gasteiger partial charge in [0, 0.05) is 10.4 Å². The maximum atomic E-state index is 16.0. The fourth-order valence-corrected chi connectivity index (χ4v) is 8.17. The molecule has 0 aromatic carbocycles. The van der Waals surface area contributed by atoms with E-state index in [4.69, 9.17) is 39.0 Å². The third kappa shape index (κ3) is 5.48. The normalized spacial score (nSPS) is 37.5. The molecule has 0 radical (unpaired) electrons. The molecule has 3 aromatic rings. The number of ether oxygens (including phenoxy) is 2. The number of nitrogens with zero attached hydrogens (tertiary/aromatic N) is 5. The maximum Gasteiger partial charge on any atom is 0.399 e. The number of H-pyrrole nitrogens is 1. The number of alkyl halides is 1. The first-order valence-corrected chi connectivity index (χ1v) is 17.3.